The molecule has 0 bridgehead atoms. The molecule has 1 saturated heterocycles. The highest BCUT2D eigenvalue weighted by Crippen LogP contribution is 2.27. The number of hydrogen-bond donors (Lipinski definition) is 0. The summed E-state index contributed by atoms with van der Waals surface area (Å²) in [5.74, 6) is 0. The molecule has 7 nitrogen and oxygen atoms in total. The SMILES string of the molecule is Cc1nc2cccc3n(C4CCN(C(=O)OC(C)(C)C)CC4)c(=O)c1n23. The fourth-order valence-corrected chi connectivity index (χ4v) is 3.83. The number of pyridine rings is 1. The number of aryl methyl sites for hydroxylation is 1. The lowest BCUT2D eigenvalue weighted by Gasteiger charge is -2.33. The second-order valence-corrected chi connectivity index (χ2v) is 8.00. The Morgan fingerprint density at radius 2 is 1.92 bits per heavy atom. The molecule has 26 heavy (non-hydrogen) atoms. The molecule has 1 amide bonds. The molecular formula is C19H24N4O3. The third-order valence-corrected chi connectivity index (χ3v) is 4.95. The quantitative estimate of drug-likeness (QED) is 0.672. The van der Waals surface area contributed by atoms with Crippen LogP contribution in [-0.4, -0.2) is 43.6 Å². The lowest BCUT2D eigenvalue weighted by Crippen LogP contribution is -2.43. The topological polar surface area (TPSA) is 68.8 Å². The fraction of sp³-hybridized carbons (Fsp3) is 0.526. The zero-order valence-corrected chi connectivity index (χ0v) is 15.7. The van der Waals surface area contributed by atoms with Crippen LogP contribution in [0.2, 0.25) is 0 Å². The number of aromatic nitrogens is 3. The van der Waals surface area contributed by atoms with Gasteiger partial charge >= 0.3 is 6.09 Å². The molecule has 1 aliphatic rings. The molecule has 0 saturated carbocycles. The molecule has 138 valence electrons. The molecule has 3 aromatic heterocycles. The highest BCUT2D eigenvalue weighted by atomic mass is 16.6. The summed E-state index contributed by atoms with van der Waals surface area (Å²) in [6.07, 6.45) is 1.19. The van der Waals surface area contributed by atoms with Gasteiger partial charge in [0.2, 0.25) is 0 Å². The number of piperidine rings is 1. The minimum atomic E-state index is -0.497. The van der Waals surface area contributed by atoms with Crippen LogP contribution in [0, 0.1) is 6.92 Å². The van der Waals surface area contributed by atoms with Gasteiger partial charge in [0.15, 0.2) is 0 Å². The molecule has 0 spiro atoms. The van der Waals surface area contributed by atoms with Crippen LogP contribution in [0.15, 0.2) is 23.0 Å². The first-order valence-electron chi connectivity index (χ1n) is 9.06. The number of hydrogen-bond acceptors (Lipinski definition) is 4. The smallest absolute Gasteiger partial charge is 0.410 e. The zero-order valence-electron chi connectivity index (χ0n) is 15.7. The number of imidazole rings is 2. The molecule has 0 aromatic carbocycles. The van der Waals surface area contributed by atoms with Crippen molar-refractivity contribution in [3.63, 3.8) is 0 Å². The van der Waals surface area contributed by atoms with E-state index in [1.54, 1.807) is 4.90 Å². The molecule has 1 aliphatic heterocycles. The van der Waals surface area contributed by atoms with Crippen LogP contribution < -0.4 is 5.56 Å². The number of carbonyl (C=O) groups is 1. The van der Waals surface area contributed by atoms with E-state index in [2.05, 4.69) is 4.98 Å². The monoisotopic (exact) mass is 356 g/mol. The first-order chi connectivity index (χ1) is 12.3. The third kappa shape index (κ3) is 2.62. The van der Waals surface area contributed by atoms with E-state index in [-0.39, 0.29) is 17.7 Å². The molecule has 0 N–H and O–H groups in total. The van der Waals surface area contributed by atoms with Crippen molar-refractivity contribution in [2.24, 2.45) is 0 Å². The van der Waals surface area contributed by atoms with E-state index in [4.69, 9.17) is 4.74 Å². The van der Waals surface area contributed by atoms with Gasteiger partial charge in [0.05, 0.1) is 5.69 Å². The highest BCUT2D eigenvalue weighted by molar-refractivity contribution is 5.70. The largest absolute Gasteiger partial charge is 0.444 e. The van der Waals surface area contributed by atoms with Gasteiger partial charge in [-0.25, -0.2) is 9.78 Å². The number of amides is 1. The van der Waals surface area contributed by atoms with Gasteiger partial charge in [0.1, 0.15) is 22.4 Å². The highest BCUT2D eigenvalue weighted by Gasteiger charge is 2.30. The van der Waals surface area contributed by atoms with Crippen molar-refractivity contribution in [1.82, 2.24) is 18.9 Å². The summed E-state index contributed by atoms with van der Waals surface area (Å²) in [6.45, 7) is 8.65. The van der Waals surface area contributed by atoms with Gasteiger partial charge in [0, 0.05) is 19.1 Å². The molecule has 7 heteroatoms. The summed E-state index contributed by atoms with van der Waals surface area (Å²) < 4.78 is 9.27. The van der Waals surface area contributed by atoms with Crippen LogP contribution in [0.3, 0.4) is 0 Å². The maximum Gasteiger partial charge on any atom is 0.410 e. The van der Waals surface area contributed by atoms with E-state index in [0.717, 1.165) is 29.8 Å². The molecule has 3 aromatic rings. The Hall–Kier alpha value is -2.57. The number of rotatable bonds is 1. The molecule has 0 unspecified atom stereocenters. The van der Waals surface area contributed by atoms with Gasteiger partial charge in [-0.3, -0.25) is 13.8 Å². The Kier molecular flexibility index (Phi) is 3.71. The van der Waals surface area contributed by atoms with Crippen LogP contribution in [0.25, 0.3) is 16.8 Å². The zero-order chi connectivity index (χ0) is 18.6. The van der Waals surface area contributed by atoms with Crippen LogP contribution >= 0.6 is 0 Å². The molecule has 4 heterocycles. The molecule has 1 fully saturated rings. The van der Waals surface area contributed by atoms with Crippen LogP contribution in [-0.2, 0) is 4.74 Å². The maximum atomic E-state index is 13.0. The standard InChI is InChI=1S/C19H24N4O3/c1-12-16-17(24)22(15-7-5-6-14(20-12)23(15)16)13-8-10-21(11-9-13)18(25)26-19(2,3)4/h5-7,13H,8-11H2,1-4H3. The number of nitrogens with zero attached hydrogens (tertiary/aromatic N) is 4. The minimum absolute atomic E-state index is 0.00641. The van der Waals surface area contributed by atoms with Crippen molar-refractivity contribution in [3.05, 3.63) is 34.2 Å². The Balaban J connectivity index is 1.61. The number of carbonyl (C=O) groups excluding carboxylic acids is 1. The normalized spacial score (nSPS) is 16.7. The van der Waals surface area contributed by atoms with Crippen LogP contribution in [0.4, 0.5) is 4.79 Å². The molecular weight excluding hydrogens is 332 g/mol. The Bertz CT molecular complexity index is 1020. The summed E-state index contributed by atoms with van der Waals surface area (Å²) in [5, 5.41) is 0. The molecule has 0 atom stereocenters. The van der Waals surface area contributed by atoms with E-state index in [1.807, 2.05) is 54.9 Å². The Morgan fingerprint density at radius 1 is 1.23 bits per heavy atom. The first kappa shape index (κ1) is 16.9. The Labute approximate surface area is 151 Å². The second-order valence-electron chi connectivity index (χ2n) is 8.00. The van der Waals surface area contributed by atoms with Gasteiger partial charge in [-0.15, -0.1) is 0 Å². The molecule has 0 radical (unpaired) electrons. The van der Waals surface area contributed by atoms with Gasteiger partial charge in [-0.05, 0) is 52.7 Å². The lowest BCUT2D eigenvalue weighted by molar-refractivity contribution is 0.0189. The summed E-state index contributed by atoms with van der Waals surface area (Å²) in [4.78, 5) is 31.5. The maximum absolute atomic E-state index is 13.0. The first-order valence-corrected chi connectivity index (χ1v) is 9.06. The lowest BCUT2D eigenvalue weighted by atomic mass is 10.1. The summed E-state index contributed by atoms with van der Waals surface area (Å²) >= 11 is 0. The number of ether oxygens (including phenoxy) is 1. The molecule has 4 rings (SSSR count). The van der Waals surface area contributed by atoms with E-state index < -0.39 is 5.60 Å². The third-order valence-electron chi connectivity index (χ3n) is 4.95. The molecule has 0 aliphatic carbocycles. The summed E-state index contributed by atoms with van der Waals surface area (Å²) in [5.41, 5.74) is 2.60. The average Bonchev–Trinajstić information content (AvgIpc) is 3.05. The van der Waals surface area contributed by atoms with Crippen molar-refractivity contribution in [3.8, 4) is 0 Å². The number of likely N-dealkylation sites (tertiary alicyclic amines) is 1. The predicted octanol–water partition coefficient (Wildman–Crippen LogP) is 2.97. The van der Waals surface area contributed by atoms with Gasteiger partial charge < -0.3 is 9.64 Å². The van der Waals surface area contributed by atoms with Crippen molar-refractivity contribution < 1.29 is 9.53 Å². The van der Waals surface area contributed by atoms with Gasteiger partial charge in [-0.1, -0.05) is 6.07 Å². The van der Waals surface area contributed by atoms with Gasteiger partial charge in [0.25, 0.3) is 5.56 Å². The van der Waals surface area contributed by atoms with E-state index in [9.17, 15) is 9.59 Å². The van der Waals surface area contributed by atoms with E-state index in [1.165, 1.54) is 0 Å². The minimum Gasteiger partial charge on any atom is -0.444 e. The van der Waals surface area contributed by atoms with Crippen molar-refractivity contribution >= 4 is 22.9 Å². The van der Waals surface area contributed by atoms with Gasteiger partial charge in [-0.2, -0.15) is 0 Å². The van der Waals surface area contributed by atoms with Crippen molar-refractivity contribution in [1.29, 1.82) is 0 Å². The fourth-order valence-electron chi connectivity index (χ4n) is 3.83. The van der Waals surface area contributed by atoms with Crippen LogP contribution in [0.5, 0.6) is 0 Å². The second kappa shape index (κ2) is 5.72. The Morgan fingerprint density at radius 3 is 2.58 bits per heavy atom. The van der Waals surface area contributed by atoms with Crippen molar-refractivity contribution in [2.75, 3.05) is 13.1 Å². The van der Waals surface area contributed by atoms with Crippen LogP contribution in [0.1, 0.15) is 45.3 Å². The van der Waals surface area contributed by atoms with Crippen molar-refractivity contribution in [2.45, 2.75) is 52.2 Å². The predicted molar refractivity (Wildman–Crippen MR) is 99.0 cm³/mol. The summed E-state index contributed by atoms with van der Waals surface area (Å²) in [6, 6.07) is 5.89. The summed E-state index contributed by atoms with van der Waals surface area (Å²) in [7, 11) is 0. The average molecular weight is 356 g/mol. The van der Waals surface area contributed by atoms with E-state index >= 15 is 0 Å². The van der Waals surface area contributed by atoms with E-state index in [0.29, 0.717) is 18.6 Å².